The van der Waals surface area contributed by atoms with Gasteiger partial charge in [0.15, 0.2) is 0 Å². The van der Waals surface area contributed by atoms with E-state index < -0.39 is 0 Å². The maximum Gasteiger partial charge on any atom is 0.143 e. The number of rotatable bonds is 1. The third-order valence-corrected chi connectivity index (χ3v) is 4.92. The molecule has 0 unspecified atom stereocenters. The van der Waals surface area contributed by atoms with Crippen LogP contribution in [0.4, 0.5) is 5.69 Å². The van der Waals surface area contributed by atoms with E-state index in [-0.39, 0.29) is 0 Å². The molecule has 0 atom stereocenters. The highest BCUT2D eigenvalue weighted by Gasteiger charge is 2.19. The summed E-state index contributed by atoms with van der Waals surface area (Å²) >= 11 is 13.3. The number of fused-ring (bicyclic) bond motifs is 1. The van der Waals surface area contributed by atoms with E-state index in [0.717, 1.165) is 25.8 Å². The van der Waals surface area contributed by atoms with Crippen molar-refractivity contribution in [2.24, 2.45) is 0 Å². The fraction of sp³-hybridized carbons (Fsp3) is 0. The molecule has 0 radical (unpaired) electrons. The molecule has 1 aromatic carbocycles. The Morgan fingerprint density at radius 1 is 1.33 bits per heavy atom. The Kier molecular flexibility index (Phi) is 3.06. The molecule has 3 nitrogen and oxygen atoms in total. The summed E-state index contributed by atoms with van der Waals surface area (Å²) < 4.78 is 1.77. The lowest BCUT2D eigenvalue weighted by atomic mass is 10.3. The van der Waals surface area contributed by atoms with Crippen molar-refractivity contribution in [1.29, 1.82) is 0 Å². The smallest absolute Gasteiger partial charge is 0.143 e. The Bertz CT molecular complexity index is 701. The van der Waals surface area contributed by atoms with E-state index in [4.69, 9.17) is 30.2 Å². The van der Waals surface area contributed by atoms with Crippen LogP contribution in [0.2, 0.25) is 0 Å². The summed E-state index contributed by atoms with van der Waals surface area (Å²) in [6.07, 6.45) is 1.96. The molecule has 18 heavy (non-hydrogen) atoms. The molecule has 0 bridgehead atoms. The zero-order chi connectivity index (χ0) is 12.7. The lowest BCUT2D eigenvalue weighted by Gasteiger charge is -1.90. The van der Waals surface area contributed by atoms with Gasteiger partial charge in [-0.1, -0.05) is 36.2 Å². The largest absolute Gasteiger partial charge is 0.399 e. The second-order valence-electron chi connectivity index (χ2n) is 3.63. The van der Waals surface area contributed by atoms with Crippen LogP contribution in [0, 0.1) is 0 Å². The first kappa shape index (κ1) is 12.0. The average Bonchev–Trinajstić information content (AvgIpc) is 2.82. The first-order chi connectivity index (χ1) is 8.61. The number of thioether (sulfide) groups is 1. The molecule has 1 aliphatic rings. The predicted octanol–water partition coefficient (Wildman–Crippen LogP) is 3.17. The number of nitrogens with zero attached hydrogens (tertiary/aromatic N) is 1. The van der Waals surface area contributed by atoms with Crippen LogP contribution in [0.15, 0.2) is 23.1 Å². The Hall–Kier alpha value is -1.02. The molecule has 3 N–H and O–H groups in total. The fourth-order valence-corrected chi connectivity index (χ4v) is 4.04. The molecule has 3 rings (SSSR count). The summed E-state index contributed by atoms with van der Waals surface area (Å²) in [4.78, 5) is 6.14. The van der Waals surface area contributed by atoms with Gasteiger partial charge in [-0.05, 0) is 24.3 Å². The predicted molar refractivity (Wildman–Crippen MR) is 87.9 cm³/mol. The topological polar surface area (TPSA) is 50.9 Å². The van der Waals surface area contributed by atoms with Crippen molar-refractivity contribution in [2.45, 2.75) is 0 Å². The molecule has 2 aromatic rings. The summed E-state index contributed by atoms with van der Waals surface area (Å²) in [5.41, 5.74) is 7.45. The Morgan fingerprint density at radius 3 is 2.89 bits per heavy atom. The van der Waals surface area contributed by atoms with Crippen LogP contribution >= 0.6 is 47.5 Å². The first-order valence-electron chi connectivity index (χ1n) is 5.03. The molecular formula is C11H7N3S4. The summed E-state index contributed by atoms with van der Waals surface area (Å²) in [5, 5.41) is 3.85. The molecule has 0 spiro atoms. The SMILES string of the molecule is Nc1ccc2nc(/C=C3\SC(=S)NC3=S)sc2c1. The maximum atomic E-state index is 5.75. The summed E-state index contributed by atoms with van der Waals surface area (Å²) in [6, 6.07) is 5.70. The van der Waals surface area contributed by atoms with E-state index in [9.17, 15) is 0 Å². The number of hydrogen-bond acceptors (Lipinski definition) is 6. The second-order valence-corrected chi connectivity index (χ2v) is 6.82. The minimum absolute atomic E-state index is 0.670. The van der Waals surface area contributed by atoms with Crippen molar-refractivity contribution in [3.8, 4) is 0 Å². The molecular weight excluding hydrogens is 302 g/mol. The van der Waals surface area contributed by atoms with E-state index in [0.29, 0.717) is 9.31 Å². The number of aromatic nitrogens is 1. The van der Waals surface area contributed by atoms with Gasteiger partial charge < -0.3 is 11.1 Å². The third kappa shape index (κ3) is 2.26. The Labute approximate surface area is 122 Å². The van der Waals surface area contributed by atoms with Crippen LogP contribution in [-0.4, -0.2) is 14.3 Å². The van der Waals surface area contributed by atoms with Gasteiger partial charge in [0.2, 0.25) is 0 Å². The number of anilines is 1. The van der Waals surface area contributed by atoms with Crippen molar-refractivity contribution in [2.75, 3.05) is 5.73 Å². The van der Waals surface area contributed by atoms with Crippen LogP contribution in [0.5, 0.6) is 0 Å². The second kappa shape index (κ2) is 4.58. The number of hydrogen-bond donors (Lipinski definition) is 2. The van der Waals surface area contributed by atoms with E-state index in [2.05, 4.69) is 10.3 Å². The van der Waals surface area contributed by atoms with Crippen LogP contribution < -0.4 is 11.1 Å². The first-order valence-corrected chi connectivity index (χ1v) is 7.48. The normalized spacial score (nSPS) is 17.7. The molecule has 1 aliphatic heterocycles. The van der Waals surface area contributed by atoms with Gasteiger partial charge in [0.1, 0.15) is 14.3 Å². The van der Waals surface area contributed by atoms with Crippen LogP contribution in [0.3, 0.4) is 0 Å². The molecule has 1 saturated heterocycles. The van der Waals surface area contributed by atoms with Gasteiger partial charge in [0, 0.05) is 5.69 Å². The molecule has 1 aromatic heterocycles. The zero-order valence-electron chi connectivity index (χ0n) is 8.97. The van der Waals surface area contributed by atoms with E-state index in [1.54, 1.807) is 11.3 Å². The Balaban J connectivity index is 2.03. The van der Waals surface area contributed by atoms with Gasteiger partial charge in [-0.25, -0.2) is 4.98 Å². The van der Waals surface area contributed by atoms with Gasteiger partial charge in [-0.2, -0.15) is 0 Å². The Morgan fingerprint density at radius 2 is 2.17 bits per heavy atom. The standard InChI is InChI=1S/C11H7N3S4/c12-5-1-2-6-7(3-5)17-9(13-6)4-8-10(15)14-11(16)18-8/h1-4H,12H2,(H,14,15,16)/b8-4-. The summed E-state index contributed by atoms with van der Waals surface area (Å²) in [5.74, 6) is 0. The maximum absolute atomic E-state index is 5.75. The number of thiocarbonyl (C=S) groups is 2. The third-order valence-electron chi connectivity index (χ3n) is 2.33. The number of benzene rings is 1. The van der Waals surface area contributed by atoms with Crippen molar-refractivity contribution >= 4 is 78.8 Å². The van der Waals surface area contributed by atoms with Crippen molar-refractivity contribution in [3.63, 3.8) is 0 Å². The molecule has 0 aliphatic carbocycles. The van der Waals surface area contributed by atoms with E-state index in [1.165, 1.54) is 11.8 Å². The van der Waals surface area contributed by atoms with Crippen LogP contribution in [0.25, 0.3) is 16.3 Å². The zero-order valence-corrected chi connectivity index (χ0v) is 12.2. The number of nitrogens with one attached hydrogen (secondary N) is 1. The fourth-order valence-electron chi connectivity index (χ4n) is 1.55. The minimum Gasteiger partial charge on any atom is -0.399 e. The van der Waals surface area contributed by atoms with Crippen molar-refractivity contribution < 1.29 is 0 Å². The van der Waals surface area contributed by atoms with Crippen molar-refractivity contribution in [3.05, 3.63) is 28.1 Å². The highest BCUT2D eigenvalue weighted by atomic mass is 32.2. The monoisotopic (exact) mass is 309 g/mol. The van der Waals surface area contributed by atoms with E-state index in [1.807, 2.05) is 24.3 Å². The summed E-state index contributed by atoms with van der Waals surface area (Å²) in [7, 11) is 0. The highest BCUT2D eigenvalue weighted by Crippen LogP contribution is 2.30. The molecule has 0 amide bonds. The van der Waals surface area contributed by atoms with Crippen LogP contribution in [-0.2, 0) is 0 Å². The van der Waals surface area contributed by atoms with Gasteiger partial charge in [-0.3, -0.25) is 0 Å². The number of nitrogens with two attached hydrogens (primary N) is 1. The average molecular weight is 309 g/mol. The molecule has 1 fully saturated rings. The molecule has 7 heteroatoms. The van der Waals surface area contributed by atoms with Crippen molar-refractivity contribution in [1.82, 2.24) is 10.3 Å². The molecule has 0 saturated carbocycles. The number of nitrogen functional groups attached to an aromatic ring is 1. The van der Waals surface area contributed by atoms with E-state index >= 15 is 0 Å². The molecule has 90 valence electrons. The van der Waals surface area contributed by atoms with Gasteiger partial charge in [-0.15, -0.1) is 11.3 Å². The lowest BCUT2D eigenvalue weighted by molar-refractivity contribution is 1.46. The van der Waals surface area contributed by atoms with Gasteiger partial charge in [0.25, 0.3) is 0 Å². The molecule has 2 heterocycles. The quantitative estimate of drug-likeness (QED) is 0.479. The van der Waals surface area contributed by atoms with Gasteiger partial charge in [0.05, 0.1) is 15.1 Å². The highest BCUT2D eigenvalue weighted by molar-refractivity contribution is 8.27. The van der Waals surface area contributed by atoms with Gasteiger partial charge >= 0.3 is 0 Å². The number of thiazole rings is 1. The van der Waals surface area contributed by atoms with Crippen LogP contribution in [0.1, 0.15) is 5.01 Å². The lowest BCUT2D eigenvalue weighted by Crippen LogP contribution is -2.15. The minimum atomic E-state index is 0.670. The summed E-state index contributed by atoms with van der Waals surface area (Å²) in [6.45, 7) is 0.